The Kier molecular flexibility index (Phi) is 9.61. The average molecular weight is 538 g/mol. The molecule has 2 amide bonds. The number of aromatic nitrogens is 1. The number of nitrogens with zero attached hydrogens (tertiary/aromatic N) is 1. The molecule has 204 valence electrons. The van der Waals surface area contributed by atoms with Crippen LogP contribution in [0, 0.1) is 0 Å². The molecule has 0 bridgehead atoms. The quantitative estimate of drug-likeness (QED) is 0.158. The Morgan fingerprint density at radius 2 is 1.57 bits per heavy atom. The predicted molar refractivity (Wildman–Crippen MR) is 154 cm³/mol. The number of fused-ring (bicyclic) bond motifs is 1. The number of carbonyl (C=O) groups is 3. The molecule has 1 atom stereocenters. The summed E-state index contributed by atoms with van der Waals surface area (Å²) in [6, 6.07) is 26.6. The first-order chi connectivity index (χ1) is 19.5. The van der Waals surface area contributed by atoms with Crippen LogP contribution in [-0.4, -0.2) is 43.0 Å². The first-order valence-electron chi connectivity index (χ1n) is 13.0. The number of hydrogen-bond donors (Lipinski definition) is 2. The Morgan fingerprint density at radius 3 is 2.27 bits per heavy atom. The van der Waals surface area contributed by atoms with Gasteiger partial charge in [-0.05, 0) is 18.1 Å². The zero-order valence-electron chi connectivity index (χ0n) is 22.4. The second kappa shape index (κ2) is 13.7. The maximum atomic E-state index is 14.0. The van der Waals surface area contributed by atoms with E-state index in [1.807, 2.05) is 91.9 Å². The lowest BCUT2D eigenvalue weighted by atomic mass is 10.00. The summed E-state index contributed by atoms with van der Waals surface area (Å²) in [4.78, 5) is 42.2. The van der Waals surface area contributed by atoms with Crippen LogP contribution in [0.3, 0.4) is 0 Å². The van der Waals surface area contributed by atoms with Crippen LogP contribution in [0.5, 0.6) is 5.75 Å². The van der Waals surface area contributed by atoms with Crippen LogP contribution < -0.4 is 15.4 Å². The largest absolute Gasteiger partial charge is 0.489 e. The molecule has 0 aliphatic carbocycles. The Labute approximate surface area is 233 Å². The fourth-order valence-electron chi connectivity index (χ4n) is 4.29. The maximum absolute atomic E-state index is 14.0. The molecule has 40 heavy (non-hydrogen) atoms. The van der Waals surface area contributed by atoms with Crippen molar-refractivity contribution in [2.75, 3.05) is 20.3 Å². The van der Waals surface area contributed by atoms with Crippen LogP contribution in [0.2, 0.25) is 0 Å². The van der Waals surface area contributed by atoms with E-state index in [0.717, 1.165) is 23.3 Å². The molecule has 0 spiro atoms. The van der Waals surface area contributed by atoms with Crippen molar-refractivity contribution in [2.24, 2.45) is 0 Å². The van der Waals surface area contributed by atoms with E-state index in [4.69, 9.17) is 9.72 Å². The topological polar surface area (TPSA) is 107 Å². The highest BCUT2D eigenvalue weighted by Gasteiger charge is 2.25. The number of rotatable bonds is 11. The minimum Gasteiger partial charge on any atom is -0.489 e. The van der Waals surface area contributed by atoms with Crippen LogP contribution in [0.1, 0.15) is 35.3 Å². The van der Waals surface area contributed by atoms with E-state index in [1.165, 1.54) is 7.11 Å². The van der Waals surface area contributed by atoms with E-state index in [2.05, 4.69) is 15.4 Å². The molecule has 0 fully saturated rings. The van der Waals surface area contributed by atoms with Gasteiger partial charge in [-0.15, -0.1) is 0 Å². The molecule has 0 aliphatic rings. The number of benzene rings is 3. The van der Waals surface area contributed by atoms with Crippen LogP contribution in [0.15, 0.2) is 97.1 Å². The summed E-state index contributed by atoms with van der Waals surface area (Å²) in [7, 11) is 1.23. The molecular weight excluding hydrogens is 506 g/mol. The Balaban J connectivity index is 1.70. The lowest BCUT2D eigenvalue weighted by Gasteiger charge is -2.21. The van der Waals surface area contributed by atoms with Gasteiger partial charge in [0, 0.05) is 23.1 Å². The van der Waals surface area contributed by atoms with Gasteiger partial charge in [-0.25, -0.2) is 9.78 Å². The summed E-state index contributed by atoms with van der Waals surface area (Å²) < 4.78 is 10.7. The SMILES string of the molecule is CC[C@H](NC(=O)c1c(OCCNC(=O)/C=C/C(=O)OC)c(-c2ccccc2)nc2ccccc12)c1ccccc1. The zero-order valence-corrected chi connectivity index (χ0v) is 22.4. The van der Waals surface area contributed by atoms with Crippen molar-refractivity contribution >= 4 is 28.7 Å². The highest BCUT2D eigenvalue weighted by atomic mass is 16.5. The van der Waals surface area contributed by atoms with Gasteiger partial charge in [0.25, 0.3) is 5.91 Å². The molecule has 4 aromatic rings. The van der Waals surface area contributed by atoms with E-state index in [1.54, 1.807) is 0 Å². The summed E-state index contributed by atoms with van der Waals surface area (Å²) in [6.07, 6.45) is 2.83. The van der Waals surface area contributed by atoms with Crippen LogP contribution in [0.25, 0.3) is 22.2 Å². The smallest absolute Gasteiger partial charge is 0.330 e. The molecule has 0 aliphatic heterocycles. The van der Waals surface area contributed by atoms with Gasteiger partial charge in [-0.1, -0.05) is 85.8 Å². The lowest BCUT2D eigenvalue weighted by Crippen LogP contribution is -2.30. The van der Waals surface area contributed by atoms with Gasteiger partial charge in [-0.3, -0.25) is 9.59 Å². The van der Waals surface area contributed by atoms with Gasteiger partial charge in [0.1, 0.15) is 12.3 Å². The molecular formula is C32H31N3O5. The maximum Gasteiger partial charge on any atom is 0.330 e. The summed E-state index contributed by atoms with van der Waals surface area (Å²) in [5.41, 5.74) is 3.35. The van der Waals surface area contributed by atoms with Crippen molar-refractivity contribution in [1.82, 2.24) is 15.6 Å². The third-order valence-electron chi connectivity index (χ3n) is 6.26. The Morgan fingerprint density at radius 1 is 0.900 bits per heavy atom. The van der Waals surface area contributed by atoms with Gasteiger partial charge < -0.3 is 20.1 Å². The third kappa shape index (κ3) is 6.91. The molecule has 0 saturated carbocycles. The van der Waals surface area contributed by atoms with E-state index in [9.17, 15) is 14.4 Å². The van der Waals surface area contributed by atoms with Crippen LogP contribution in [-0.2, 0) is 14.3 Å². The van der Waals surface area contributed by atoms with Crippen LogP contribution in [0.4, 0.5) is 0 Å². The van der Waals surface area contributed by atoms with Crippen molar-refractivity contribution in [2.45, 2.75) is 19.4 Å². The number of hydrogen-bond acceptors (Lipinski definition) is 6. The van der Waals surface area contributed by atoms with Gasteiger partial charge in [-0.2, -0.15) is 0 Å². The number of ether oxygens (including phenoxy) is 2. The van der Waals surface area contributed by atoms with Crippen molar-refractivity contribution in [3.8, 4) is 17.0 Å². The number of methoxy groups -OCH3 is 1. The Bertz CT molecular complexity index is 1500. The van der Waals surface area contributed by atoms with E-state index < -0.39 is 11.9 Å². The van der Waals surface area contributed by atoms with E-state index >= 15 is 0 Å². The molecule has 0 unspecified atom stereocenters. The molecule has 1 heterocycles. The molecule has 3 aromatic carbocycles. The normalized spacial score (nSPS) is 11.7. The molecule has 8 nitrogen and oxygen atoms in total. The average Bonchev–Trinajstić information content (AvgIpc) is 3.00. The lowest BCUT2D eigenvalue weighted by molar-refractivity contribution is -0.135. The van der Waals surface area contributed by atoms with Gasteiger partial charge in [0.05, 0.1) is 30.8 Å². The first kappa shape index (κ1) is 28.0. The molecule has 4 rings (SSSR count). The van der Waals surface area contributed by atoms with E-state index in [0.29, 0.717) is 34.3 Å². The number of pyridine rings is 1. The highest BCUT2D eigenvalue weighted by Crippen LogP contribution is 2.37. The van der Waals surface area contributed by atoms with E-state index in [-0.39, 0.29) is 25.1 Å². The highest BCUT2D eigenvalue weighted by molar-refractivity contribution is 6.10. The predicted octanol–water partition coefficient (Wildman–Crippen LogP) is 5.01. The van der Waals surface area contributed by atoms with Crippen molar-refractivity contribution in [3.63, 3.8) is 0 Å². The molecule has 1 aromatic heterocycles. The van der Waals surface area contributed by atoms with Gasteiger partial charge in [0.2, 0.25) is 5.91 Å². The Hall–Kier alpha value is -4.98. The second-order valence-corrected chi connectivity index (χ2v) is 8.89. The van der Waals surface area contributed by atoms with Gasteiger partial charge in [0.15, 0.2) is 5.75 Å². The monoisotopic (exact) mass is 537 g/mol. The molecule has 0 radical (unpaired) electrons. The number of para-hydroxylation sites is 1. The first-order valence-corrected chi connectivity index (χ1v) is 13.0. The third-order valence-corrected chi connectivity index (χ3v) is 6.26. The second-order valence-electron chi connectivity index (χ2n) is 8.89. The standard InChI is InChI=1S/C32H31N3O5/c1-3-25(22-12-6-4-7-13-22)35-32(38)29-24-16-10-11-17-26(24)34-30(23-14-8-5-9-15-23)31(29)40-21-20-33-27(36)18-19-28(37)39-2/h4-19,25H,3,20-21H2,1-2H3,(H,33,36)(H,35,38)/b19-18+/t25-/m0/s1. The van der Waals surface area contributed by atoms with Crippen LogP contribution >= 0.6 is 0 Å². The minimum atomic E-state index is -0.627. The fourth-order valence-corrected chi connectivity index (χ4v) is 4.29. The number of carbonyl (C=O) groups excluding carboxylic acids is 3. The van der Waals surface area contributed by atoms with Gasteiger partial charge >= 0.3 is 5.97 Å². The van der Waals surface area contributed by atoms with Crippen molar-refractivity contribution < 1.29 is 23.9 Å². The summed E-state index contributed by atoms with van der Waals surface area (Å²) >= 11 is 0. The summed E-state index contributed by atoms with van der Waals surface area (Å²) in [5.74, 6) is -1.06. The molecule has 0 saturated heterocycles. The molecule has 8 heteroatoms. The number of esters is 1. The minimum absolute atomic E-state index is 0.0633. The summed E-state index contributed by atoms with van der Waals surface area (Å²) in [5, 5.41) is 6.50. The number of nitrogens with one attached hydrogen (secondary N) is 2. The fraction of sp³-hybridized carbons (Fsp3) is 0.188. The summed E-state index contributed by atoms with van der Waals surface area (Å²) in [6.45, 7) is 2.22. The van der Waals surface area contributed by atoms with Crippen molar-refractivity contribution in [1.29, 1.82) is 0 Å². The number of amides is 2. The zero-order chi connectivity index (χ0) is 28.3. The molecule has 2 N–H and O–H groups in total. The van der Waals surface area contributed by atoms with Crippen molar-refractivity contribution in [3.05, 3.63) is 108 Å².